The average molecular weight is 328 g/mol. The van der Waals surface area contributed by atoms with Gasteiger partial charge in [-0.1, -0.05) is 18.2 Å². The van der Waals surface area contributed by atoms with Crippen LogP contribution in [0.2, 0.25) is 0 Å². The van der Waals surface area contributed by atoms with Gasteiger partial charge in [0.25, 0.3) is 0 Å². The minimum Gasteiger partial charge on any atom is -0.454 e. The van der Waals surface area contributed by atoms with Crippen molar-refractivity contribution in [2.75, 3.05) is 0 Å². The molecule has 0 amide bonds. The predicted octanol–water partition coefficient (Wildman–Crippen LogP) is 4.07. The molecule has 1 unspecified atom stereocenters. The third-order valence-electron chi connectivity index (χ3n) is 3.52. The molecule has 0 spiro atoms. The van der Waals surface area contributed by atoms with Crippen LogP contribution in [0.5, 0.6) is 0 Å². The second kappa shape index (κ2) is 6.62. The first-order chi connectivity index (χ1) is 11.5. The van der Waals surface area contributed by atoms with E-state index in [4.69, 9.17) is 4.74 Å². The Bertz CT molecular complexity index is 862. The topological polar surface area (TPSA) is 44.1 Å². The van der Waals surface area contributed by atoms with E-state index >= 15 is 0 Å². The minimum atomic E-state index is -0.923. The van der Waals surface area contributed by atoms with Crippen LogP contribution < -0.4 is 0 Å². The van der Waals surface area contributed by atoms with Crippen molar-refractivity contribution in [3.05, 3.63) is 83.7 Å². The van der Waals surface area contributed by atoms with Crippen molar-refractivity contribution in [2.24, 2.45) is 0 Å². The molecular weight excluding hydrogens is 314 g/mol. The fraction of sp³-hybridized carbons (Fsp3) is 0.111. The lowest BCUT2D eigenvalue weighted by atomic mass is 10.1. The number of ether oxygens (including phenoxy) is 1. The number of carbonyl (C=O) groups excluding carboxylic acids is 1. The quantitative estimate of drug-likeness (QED) is 0.678. The Balaban J connectivity index is 1.76. The van der Waals surface area contributed by atoms with Crippen molar-refractivity contribution < 1.29 is 18.3 Å². The van der Waals surface area contributed by atoms with E-state index in [9.17, 15) is 13.6 Å². The zero-order valence-corrected chi connectivity index (χ0v) is 12.8. The summed E-state index contributed by atoms with van der Waals surface area (Å²) in [5.74, 6) is -1.88. The van der Waals surface area contributed by atoms with Gasteiger partial charge in [-0.3, -0.25) is 0 Å². The molecule has 24 heavy (non-hydrogen) atoms. The molecule has 3 rings (SSSR count). The second-order valence-electron chi connectivity index (χ2n) is 5.22. The SMILES string of the molecule is CC(OC(=O)c1cnn(-c2ccccc2)c1)c1cc(F)ccc1F. The second-order valence-corrected chi connectivity index (χ2v) is 5.22. The zero-order chi connectivity index (χ0) is 17.1. The molecule has 3 aromatic rings. The zero-order valence-electron chi connectivity index (χ0n) is 12.8. The summed E-state index contributed by atoms with van der Waals surface area (Å²) in [5.41, 5.74) is 1.00. The predicted molar refractivity (Wildman–Crippen MR) is 83.8 cm³/mol. The summed E-state index contributed by atoms with van der Waals surface area (Å²) in [6.45, 7) is 1.48. The van der Waals surface area contributed by atoms with Crippen LogP contribution in [0.1, 0.15) is 28.9 Å². The molecule has 0 aliphatic carbocycles. The molecule has 4 nitrogen and oxygen atoms in total. The number of carbonyl (C=O) groups is 1. The van der Waals surface area contributed by atoms with Crippen LogP contribution in [0, 0.1) is 11.6 Å². The Morgan fingerprint density at radius 1 is 1.17 bits per heavy atom. The molecule has 0 radical (unpaired) electrons. The van der Waals surface area contributed by atoms with Crippen LogP contribution in [-0.4, -0.2) is 15.7 Å². The highest BCUT2D eigenvalue weighted by Gasteiger charge is 2.19. The van der Waals surface area contributed by atoms with E-state index in [-0.39, 0.29) is 11.1 Å². The number of hydrogen-bond donors (Lipinski definition) is 0. The van der Waals surface area contributed by atoms with Gasteiger partial charge in [-0.2, -0.15) is 5.10 Å². The first kappa shape index (κ1) is 15.9. The van der Waals surface area contributed by atoms with E-state index in [1.807, 2.05) is 30.3 Å². The number of halogens is 2. The van der Waals surface area contributed by atoms with Gasteiger partial charge < -0.3 is 4.74 Å². The maximum atomic E-state index is 13.7. The molecule has 6 heteroatoms. The van der Waals surface area contributed by atoms with Crippen molar-refractivity contribution in [3.63, 3.8) is 0 Å². The summed E-state index contributed by atoms with van der Waals surface area (Å²) in [7, 11) is 0. The van der Waals surface area contributed by atoms with E-state index in [1.165, 1.54) is 24.0 Å². The Kier molecular flexibility index (Phi) is 4.37. The van der Waals surface area contributed by atoms with Gasteiger partial charge in [0, 0.05) is 11.8 Å². The highest BCUT2D eigenvalue weighted by molar-refractivity contribution is 5.89. The van der Waals surface area contributed by atoms with Gasteiger partial charge in [-0.25, -0.2) is 18.3 Å². The molecule has 1 atom stereocenters. The standard InChI is InChI=1S/C18H14F2N2O2/c1-12(16-9-14(19)7-8-17(16)20)24-18(23)13-10-21-22(11-13)15-5-3-2-4-6-15/h2-12H,1H3. The fourth-order valence-electron chi connectivity index (χ4n) is 2.27. The molecule has 0 saturated carbocycles. The number of aromatic nitrogens is 2. The summed E-state index contributed by atoms with van der Waals surface area (Å²) in [4.78, 5) is 12.2. The van der Waals surface area contributed by atoms with E-state index in [2.05, 4.69) is 5.10 Å². The molecule has 0 fully saturated rings. The third kappa shape index (κ3) is 3.32. The summed E-state index contributed by atoms with van der Waals surface area (Å²) in [6, 6.07) is 12.3. The van der Waals surface area contributed by atoms with Gasteiger partial charge in [0.2, 0.25) is 0 Å². The average Bonchev–Trinajstić information content (AvgIpc) is 3.08. The Hall–Kier alpha value is -3.02. The van der Waals surface area contributed by atoms with Gasteiger partial charge in [0.15, 0.2) is 0 Å². The lowest BCUT2D eigenvalue weighted by molar-refractivity contribution is 0.0330. The Labute approximate surface area is 137 Å². The molecule has 2 aromatic carbocycles. The van der Waals surface area contributed by atoms with Crippen molar-refractivity contribution in [1.82, 2.24) is 9.78 Å². The van der Waals surface area contributed by atoms with Crippen LogP contribution in [-0.2, 0) is 4.74 Å². The third-order valence-corrected chi connectivity index (χ3v) is 3.52. The van der Waals surface area contributed by atoms with Crippen molar-refractivity contribution in [2.45, 2.75) is 13.0 Å². The number of nitrogens with zero attached hydrogens (tertiary/aromatic N) is 2. The lowest BCUT2D eigenvalue weighted by Gasteiger charge is -2.13. The molecule has 122 valence electrons. The first-order valence-corrected chi connectivity index (χ1v) is 7.30. The highest BCUT2D eigenvalue weighted by atomic mass is 19.1. The molecule has 0 aliphatic rings. The summed E-state index contributed by atoms with van der Waals surface area (Å²) in [5, 5.41) is 4.10. The van der Waals surface area contributed by atoms with Crippen molar-refractivity contribution in [1.29, 1.82) is 0 Å². The summed E-state index contributed by atoms with van der Waals surface area (Å²) >= 11 is 0. The van der Waals surface area contributed by atoms with Crippen molar-refractivity contribution >= 4 is 5.97 Å². The maximum Gasteiger partial charge on any atom is 0.341 e. The van der Waals surface area contributed by atoms with E-state index < -0.39 is 23.7 Å². The summed E-state index contributed by atoms with van der Waals surface area (Å²) < 4.78 is 33.7. The molecule has 0 bridgehead atoms. The van der Waals surface area contributed by atoms with Gasteiger partial charge in [-0.15, -0.1) is 0 Å². The maximum absolute atomic E-state index is 13.7. The van der Waals surface area contributed by atoms with E-state index in [0.717, 1.165) is 23.9 Å². The van der Waals surface area contributed by atoms with Crippen LogP contribution in [0.25, 0.3) is 5.69 Å². The summed E-state index contributed by atoms with van der Waals surface area (Å²) in [6.07, 6.45) is 1.96. The van der Waals surface area contributed by atoms with E-state index in [0.29, 0.717) is 0 Å². The normalized spacial score (nSPS) is 12.0. The smallest absolute Gasteiger partial charge is 0.341 e. The number of esters is 1. The molecular formula is C18H14F2N2O2. The van der Waals surface area contributed by atoms with E-state index in [1.54, 1.807) is 0 Å². The van der Waals surface area contributed by atoms with Crippen LogP contribution in [0.4, 0.5) is 8.78 Å². The Morgan fingerprint density at radius 2 is 1.92 bits per heavy atom. The van der Waals surface area contributed by atoms with Crippen LogP contribution in [0.15, 0.2) is 60.9 Å². The molecule has 1 aromatic heterocycles. The molecule has 1 heterocycles. The van der Waals surface area contributed by atoms with Gasteiger partial charge in [0.05, 0.1) is 17.4 Å². The van der Waals surface area contributed by atoms with Crippen LogP contribution in [0.3, 0.4) is 0 Å². The van der Waals surface area contributed by atoms with Crippen molar-refractivity contribution in [3.8, 4) is 5.69 Å². The Morgan fingerprint density at radius 3 is 2.67 bits per heavy atom. The molecule has 0 aliphatic heterocycles. The number of rotatable bonds is 4. The van der Waals surface area contributed by atoms with Gasteiger partial charge in [0.1, 0.15) is 17.7 Å². The molecule has 0 N–H and O–H groups in total. The number of para-hydroxylation sites is 1. The monoisotopic (exact) mass is 328 g/mol. The fourth-order valence-corrected chi connectivity index (χ4v) is 2.27. The van der Waals surface area contributed by atoms with Gasteiger partial charge >= 0.3 is 5.97 Å². The van der Waals surface area contributed by atoms with Crippen LogP contribution >= 0.6 is 0 Å². The number of hydrogen-bond acceptors (Lipinski definition) is 3. The largest absolute Gasteiger partial charge is 0.454 e. The lowest BCUT2D eigenvalue weighted by Crippen LogP contribution is -2.10. The molecule has 0 saturated heterocycles. The highest BCUT2D eigenvalue weighted by Crippen LogP contribution is 2.22. The first-order valence-electron chi connectivity index (χ1n) is 7.30. The minimum absolute atomic E-state index is 0.0150. The number of benzene rings is 2. The van der Waals surface area contributed by atoms with Gasteiger partial charge in [-0.05, 0) is 37.3 Å².